The number of para-hydroxylation sites is 1. The lowest BCUT2D eigenvalue weighted by Gasteiger charge is -2.22. The van der Waals surface area contributed by atoms with E-state index in [0.29, 0.717) is 24.2 Å². The first kappa shape index (κ1) is 17.8. The highest BCUT2D eigenvalue weighted by Gasteiger charge is 2.28. The molecule has 4 rings (SSSR count). The number of amides is 1. The average molecular weight is 384 g/mol. The first-order chi connectivity index (χ1) is 13.2. The molecule has 2 aromatic heterocycles. The Labute approximate surface area is 161 Å². The van der Waals surface area contributed by atoms with Gasteiger partial charge in [-0.3, -0.25) is 9.69 Å². The maximum atomic E-state index is 13.2. The molecule has 1 aliphatic rings. The lowest BCUT2D eigenvalue weighted by Crippen LogP contribution is -2.38. The number of carbonyl (C=O) groups is 1. The number of hydrogen-bond acceptors (Lipinski definition) is 7. The normalized spacial score (nSPS) is 16.6. The number of thiazole rings is 1. The Morgan fingerprint density at radius 2 is 2.22 bits per heavy atom. The molecule has 1 atom stereocenters. The van der Waals surface area contributed by atoms with Crippen LogP contribution in [0, 0.1) is 0 Å². The molecular formula is C19H20N4O3S. The minimum absolute atomic E-state index is 0.0108. The van der Waals surface area contributed by atoms with E-state index in [0.717, 1.165) is 29.7 Å². The van der Waals surface area contributed by atoms with Gasteiger partial charge in [-0.2, -0.15) is 0 Å². The van der Waals surface area contributed by atoms with Gasteiger partial charge in [0.1, 0.15) is 5.69 Å². The molecule has 0 aliphatic carbocycles. The summed E-state index contributed by atoms with van der Waals surface area (Å²) in [6.45, 7) is 3.55. The van der Waals surface area contributed by atoms with Crippen molar-refractivity contribution < 1.29 is 14.3 Å². The van der Waals surface area contributed by atoms with Gasteiger partial charge in [-0.15, -0.1) is 0 Å². The third-order valence-electron chi connectivity index (χ3n) is 4.31. The van der Waals surface area contributed by atoms with Crippen LogP contribution in [0.2, 0.25) is 0 Å². The van der Waals surface area contributed by atoms with Crippen LogP contribution in [0.3, 0.4) is 0 Å². The van der Waals surface area contributed by atoms with Crippen molar-refractivity contribution in [3.8, 4) is 5.88 Å². The lowest BCUT2D eigenvalue weighted by atomic mass is 10.2. The van der Waals surface area contributed by atoms with Crippen molar-refractivity contribution in [1.29, 1.82) is 0 Å². The summed E-state index contributed by atoms with van der Waals surface area (Å²) in [6.07, 6.45) is 4.87. The number of benzene rings is 1. The highest BCUT2D eigenvalue weighted by molar-refractivity contribution is 7.22. The molecule has 3 heterocycles. The molecule has 7 nitrogen and oxygen atoms in total. The molecule has 3 aromatic rings. The topological polar surface area (TPSA) is 77.4 Å². The fourth-order valence-corrected chi connectivity index (χ4v) is 3.98. The maximum absolute atomic E-state index is 13.2. The van der Waals surface area contributed by atoms with Crippen LogP contribution in [0.5, 0.6) is 5.88 Å². The quantitative estimate of drug-likeness (QED) is 0.649. The SMILES string of the molecule is CCOc1cnc(C(=O)N(CC2CCCO2)c2nc3ccccc3s2)cn1. The summed E-state index contributed by atoms with van der Waals surface area (Å²) in [6, 6.07) is 7.85. The first-order valence-corrected chi connectivity index (χ1v) is 9.80. The molecule has 1 aliphatic heterocycles. The van der Waals surface area contributed by atoms with Gasteiger partial charge in [-0.05, 0) is 31.9 Å². The van der Waals surface area contributed by atoms with Gasteiger partial charge in [0.05, 0.1) is 41.9 Å². The summed E-state index contributed by atoms with van der Waals surface area (Å²) in [5, 5.41) is 0.646. The van der Waals surface area contributed by atoms with E-state index in [-0.39, 0.29) is 17.7 Å². The van der Waals surface area contributed by atoms with E-state index in [1.165, 1.54) is 23.7 Å². The maximum Gasteiger partial charge on any atom is 0.280 e. The molecule has 1 aromatic carbocycles. The van der Waals surface area contributed by atoms with Gasteiger partial charge < -0.3 is 9.47 Å². The molecule has 1 fully saturated rings. The average Bonchev–Trinajstić information content (AvgIpc) is 3.35. The van der Waals surface area contributed by atoms with Crippen LogP contribution in [0.4, 0.5) is 5.13 Å². The Morgan fingerprint density at radius 1 is 1.33 bits per heavy atom. The minimum atomic E-state index is -0.236. The second-order valence-electron chi connectivity index (χ2n) is 6.19. The minimum Gasteiger partial charge on any atom is -0.477 e. The third kappa shape index (κ3) is 3.91. The Bertz CT molecular complexity index is 889. The molecule has 1 saturated heterocycles. The second kappa shape index (κ2) is 7.98. The fraction of sp³-hybridized carbons (Fsp3) is 0.368. The van der Waals surface area contributed by atoms with E-state index in [1.807, 2.05) is 31.2 Å². The Hall–Kier alpha value is -2.58. The van der Waals surface area contributed by atoms with Crippen molar-refractivity contribution in [3.63, 3.8) is 0 Å². The van der Waals surface area contributed by atoms with Crippen LogP contribution >= 0.6 is 11.3 Å². The number of ether oxygens (including phenoxy) is 2. The van der Waals surface area contributed by atoms with Gasteiger partial charge in [0.2, 0.25) is 5.88 Å². The smallest absolute Gasteiger partial charge is 0.280 e. The van der Waals surface area contributed by atoms with Crippen molar-refractivity contribution in [2.75, 3.05) is 24.7 Å². The number of fused-ring (bicyclic) bond motifs is 1. The highest BCUT2D eigenvalue weighted by atomic mass is 32.1. The van der Waals surface area contributed by atoms with Crippen LogP contribution in [0.1, 0.15) is 30.3 Å². The zero-order valence-corrected chi connectivity index (χ0v) is 15.8. The summed E-state index contributed by atoms with van der Waals surface area (Å²) in [7, 11) is 0. The van der Waals surface area contributed by atoms with Crippen LogP contribution in [0.15, 0.2) is 36.7 Å². The molecule has 0 saturated carbocycles. The molecular weight excluding hydrogens is 364 g/mol. The molecule has 8 heteroatoms. The van der Waals surface area contributed by atoms with Gasteiger partial charge in [-0.25, -0.2) is 15.0 Å². The summed E-state index contributed by atoms with van der Waals surface area (Å²) < 4.78 is 12.1. The number of aromatic nitrogens is 3. The molecule has 0 spiro atoms. The zero-order chi connectivity index (χ0) is 18.6. The molecule has 140 valence electrons. The van der Waals surface area contributed by atoms with Gasteiger partial charge >= 0.3 is 0 Å². The van der Waals surface area contributed by atoms with Gasteiger partial charge in [-0.1, -0.05) is 23.5 Å². The van der Waals surface area contributed by atoms with Crippen molar-refractivity contribution in [2.24, 2.45) is 0 Å². The summed E-state index contributed by atoms with van der Waals surface area (Å²) in [4.78, 5) is 27.9. The molecule has 27 heavy (non-hydrogen) atoms. The number of rotatable bonds is 6. The van der Waals surface area contributed by atoms with Crippen LogP contribution < -0.4 is 9.64 Å². The summed E-state index contributed by atoms with van der Waals surface area (Å²) in [5.74, 6) is 0.166. The molecule has 1 unspecified atom stereocenters. The summed E-state index contributed by atoms with van der Waals surface area (Å²) >= 11 is 1.49. The van der Waals surface area contributed by atoms with Crippen molar-refractivity contribution >= 4 is 32.6 Å². The number of hydrogen-bond donors (Lipinski definition) is 0. The van der Waals surface area contributed by atoms with Crippen molar-refractivity contribution in [1.82, 2.24) is 15.0 Å². The van der Waals surface area contributed by atoms with Gasteiger partial charge in [0.15, 0.2) is 5.13 Å². The number of nitrogens with zero attached hydrogens (tertiary/aromatic N) is 4. The van der Waals surface area contributed by atoms with E-state index >= 15 is 0 Å². The Balaban J connectivity index is 1.64. The van der Waals surface area contributed by atoms with E-state index in [4.69, 9.17) is 9.47 Å². The van der Waals surface area contributed by atoms with E-state index in [9.17, 15) is 4.79 Å². The predicted molar refractivity (Wildman–Crippen MR) is 103 cm³/mol. The van der Waals surface area contributed by atoms with E-state index in [2.05, 4.69) is 15.0 Å². The number of carbonyl (C=O) groups excluding carboxylic acids is 1. The predicted octanol–water partition coefficient (Wildman–Crippen LogP) is 3.31. The highest BCUT2D eigenvalue weighted by Crippen LogP contribution is 2.30. The van der Waals surface area contributed by atoms with Gasteiger partial charge in [0.25, 0.3) is 5.91 Å². The number of anilines is 1. The fourth-order valence-electron chi connectivity index (χ4n) is 3.00. The molecule has 0 bridgehead atoms. The second-order valence-corrected chi connectivity index (χ2v) is 7.20. The third-order valence-corrected chi connectivity index (χ3v) is 5.37. The largest absolute Gasteiger partial charge is 0.477 e. The lowest BCUT2D eigenvalue weighted by molar-refractivity contribution is 0.0913. The summed E-state index contributed by atoms with van der Waals surface area (Å²) in [5.41, 5.74) is 1.14. The Kier molecular flexibility index (Phi) is 5.26. The van der Waals surface area contributed by atoms with E-state index in [1.54, 1.807) is 4.90 Å². The zero-order valence-electron chi connectivity index (χ0n) is 15.0. The standard InChI is InChI=1S/C19H20N4O3S/c1-2-25-17-11-20-15(10-21-17)18(24)23(12-13-6-5-9-26-13)19-22-14-7-3-4-8-16(14)27-19/h3-4,7-8,10-11,13H,2,5-6,9,12H2,1H3. The van der Waals surface area contributed by atoms with Crippen molar-refractivity contribution in [3.05, 3.63) is 42.4 Å². The van der Waals surface area contributed by atoms with Gasteiger partial charge in [0, 0.05) is 6.61 Å². The first-order valence-electron chi connectivity index (χ1n) is 8.98. The Morgan fingerprint density at radius 3 is 2.93 bits per heavy atom. The molecule has 1 amide bonds. The molecule has 0 radical (unpaired) electrons. The molecule has 0 N–H and O–H groups in total. The van der Waals surface area contributed by atoms with Crippen LogP contribution in [0.25, 0.3) is 10.2 Å². The van der Waals surface area contributed by atoms with Crippen molar-refractivity contribution in [2.45, 2.75) is 25.9 Å². The monoisotopic (exact) mass is 384 g/mol. The van der Waals surface area contributed by atoms with E-state index < -0.39 is 0 Å². The van der Waals surface area contributed by atoms with Crippen LogP contribution in [-0.4, -0.2) is 46.7 Å². The van der Waals surface area contributed by atoms with Crippen LogP contribution in [-0.2, 0) is 4.74 Å².